The van der Waals surface area contributed by atoms with E-state index in [9.17, 15) is 13.2 Å². The molecule has 1 aromatic heterocycles. The number of carbonyl (C=O) groups excluding carboxylic acids is 1. The standard InChI is InChI=1S/C20H22N4O3S/c1-15-6-2-3-7-16(15)10-22-20(25)23-11-17-13-24(14-18(17)12-23)28(26,27)19-8-4-5-9-21-19/h2-9H,10-14H2,1H3,(H,22,25). The Hall–Kier alpha value is -2.71. The van der Waals surface area contributed by atoms with Crippen molar-refractivity contribution in [2.75, 3.05) is 26.2 Å². The van der Waals surface area contributed by atoms with Gasteiger partial charge in [-0.1, -0.05) is 30.3 Å². The molecule has 0 unspecified atom stereocenters. The summed E-state index contributed by atoms with van der Waals surface area (Å²) in [7, 11) is -3.61. The number of hydrogen-bond acceptors (Lipinski definition) is 4. The van der Waals surface area contributed by atoms with E-state index < -0.39 is 10.0 Å². The van der Waals surface area contributed by atoms with Gasteiger partial charge in [0, 0.05) is 38.9 Å². The summed E-state index contributed by atoms with van der Waals surface area (Å²) in [5.41, 5.74) is 4.24. The van der Waals surface area contributed by atoms with Crippen LogP contribution < -0.4 is 5.32 Å². The summed E-state index contributed by atoms with van der Waals surface area (Å²) in [6.45, 7) is 4.05. The number of aromatic nitrogens is 1. The van der Waals surface area contributed by atoms with Gasteiger partial charge in [-0.2, -0.15) is 4.31 Å². The molecule has 0 spiro atoms. The Kier molecular flexibility index (Phi) is 4.91. The predicted octanol–water partition coefficient (Wildman–Crippen LogP) is 1.92. The van der Waals surface area contributed by atoms with Crippen molar-refractivity contribution in [3.63, 3.8) is 0 Å². The first-order chi connectivity index (χ1) is 13.4. The minimum atomic E-state index is -3.61. The van der Waals surface area contributed by atoms with Crippen LogP contribution in [-0.4, -0.2) is 54.8 Å². The Balaban J connectivity index is 1.34. The van der Waals surface area contributed by atoms with E-state index in [4.69, 9.17) is 0 Å². The smallest absolute Gasteiger partial charge is 0.318 e. The molecule has 2 aromatic rings. The van der Waals surface area contributed by atoms with Gasteiger partial charge in [0.25, 0.3) is 10.0 Å². The van der Waals surface area contributed by atoms with Crippen molar-refractivity contribution in [2.45, 2.75) is 18.5 Å². The molecule has 7 nitrogen and oxygen atoms in total. The van der Waals surface area contributed by atoms with Crippen molar-refractivity contribution >= 4 is 16.1 Å². The van der Waals surface area contributed by atoms with Gasteiger partial charge in [-0.15, -0.1) is 0 Å². The highest BCUT2D eigenvalue weighted by Gasteiger charge is 2.38. The lowest BCUT2D eigenvalue weighted by Crippen LogP contribution is -2.41. The molecule has 0 bridgehead atoms. The molecule has 0 radical (unpaired) electrons. The van der Waals surface area contributed by atoms with Crippen molar-refractivity contribution in [3.05, 3.63) is 70.9 Å². The maximum absolute atomic E-state index is 12.7. The van der Waals surface area contributed by atoms with Crippen LogP contribution >= 0.6 is 0 Å². The van der Waals surface area contributed by atoms with Gasteiger partial charge in [0.15, 0.2) is 5.03 Å². The normalized spacial score (nSPS) is 17.1. The number of nitrogens with one attached hydrogen (secondary N) is 1. The molecule has 2 aliphatic heterocycles. The highest BCUT2D eigenvalue weighted by Crippen LogP contribution is 2.29. The van der Waals surface area contributed by atoms with Gasteiger partial charge in [0.05, 0.1) is 0 Å². The van der Waals surface area contributed by atoms with Crippen LogP contribution in [0.4, 0.5) is 4.79 Å². The van der Waals surface area contributed by atoms with Gasteiger partial charge in [0.2, 0.25) is 0 Å². The second-order valence-corrected chi connectivity index (χ2v) is 8.97. The lowest BCUT2D eigenvalue weighted by molar-refractivity contribution is 0.208. The Morgan fingerprint density at radius 2 is 1.71 bits per heavy atom. The van der Waals surface area contributed by atoms with Crippen LogP contribution in [0.3, 0.4) is 0 Å². The predicted molar refractivity (Wildman–Crippen MR) is 105 cm³/mol. The molecule has 2 amide bonds. The number of rotatable bonds is 4. The Bertz CT molecular complexity index is 1020. The maximum atomic E-state index is 12.7. The van der Waals surface area contributed by atoms with Crippen LogP contribution in [0, 0.1) is 6.92 Å². The van der Waals surface area contributed by atoms with E-state index in [-0.39, 0.29) is 11.1 Å². The highest BCUT2D eigenvalue weighted by atomic mass is 32.2. The first-order valence-corrected chi connectivity index (χ1v) is 10.6. The van der Waals surface area contributed by atoms with E-state index in [0.29, 0.717) is 32.7 Å². The lowest BCUT2D eigenvalue weighted by Gasteiger charge is -2.23. The van der Waals surface area contributed by atoms with E-state index >= 15 is 0 Å². The summed E-state index contributed by atoms with van der Waals surface area (Å²) in [6.07, 6.45) is 1.48. The zero-order chi connectivity index (χ0) is 19.7. The van der Waals surface area contributed by atoms with Crippen molar-refractivity contribution in [1.29, 1.82) is 0 Å². The van der Waals surface area contributed by atoms with E-state index in [1.807, 2.05) is 31.2 Å². The molecule has 1 N–H and O–H groups in total. The molecular formula is C20H22N4O3S. The fourth-order valence-corrected chi connectivity index (χ4v) is 4.94. The number of benzene rings is 1. The minimum absolute atomic E-state index is 0.0593. The number of sulfonamides is 1. The summed E-state index contributed by atoms with van der Waals surface area (Å²) < 4.78 is 26.9. The Morgan fingerprint density at radius 3 is 2.36 bits per heavy atom. The quantitative estimate of drug-likeness (QED) is 0.798. The van der Waals surface area contributed by atoms with Gasteiger partial charge in [-0.05, 0) is 41.3 Å². The fourth-order valence-electron chi connectivity index (χ4n) is 3.58. The monoisotopic (exact) mass is 398 g/mol. The zero-order valence-corrected chi connectivity index (χ0v) is 16.4. The van der Waals surface area contributed by atoms with Crippen LogP contribution in [0.1, 0.15) is 11.1 Å². The number of nitrogens with zero attached hydrogens (tertiary/aromatic N) is 3. The summed E-state index contributed by atoms with van der Waals surface area (Å²) in [6, 6.07) is 12.7. The molecule has 2 aliphatic rings. The van der Waals surface area contributed by atoms with Crippen LogP contribution in [0.15, 0.2) is 64.8 Å². The van der Waals surface area contributed by atoms with Crippen molar-refractivity contribution < 1.29 is 13.2 Å². The molecule has 0 aliphatic carbocycles. The minimum Gasteiger partial charge on any atom is -0.334 e. The van der Waals surface area contributed by atoms with Crippen LogP contribution in [-0.2, 0) is 16.6 Å². The van der Waals surface area contributed by atoms with Crippen LogP contribution in [0.25, 0.3) is 0 Å². The average molecular weight is 398 g/mol. The summed E-state index contributed by atoms with van der Waals surface area (Å²) in [4.78, 5) is 18.2. The third kappa shape index (κ3) is 3.53. The van der Waals surface area contributed by atoms with E-state index in [1.165, 1.54) is 16.6 Å². The molecule has 4 rings (SSSR count). The maximum Gasteiger partial charge on any atom is 0.318 e. The summed E-state index contributed by atoms with van der Waals surface area (Å²) in [5.74, 6) is 0. The van der Waals surface area contributed by atoms with Gasteiger partial charge >= 0.3 is 6.03 Å². The molecule has 8 heteroatoms. The second-order valence-electron chi connectivity index (χ2n) is 7.09. The molecule has 146 valence electrons. The number of carbonyl (C=O) groups is 1. The number of amides is 2. The topological polar surface area (TPSA) is 82.6 Å². The number of urea groups is 1. The van der Waals surface area contributed by atoms with Crippen molar-refractivity contribution in [3.8, 4) is 0 Å². The number of aryl methyl sites for hydroxylation is 1. The first kappa shape index (κ1) is 18.6. The SMILES string of the molecule is Cc1ccccc1CNC(=O)N1CC2=C(C1)CN(S(=O)(=O)c1ccccn1)C2. The second kappa shape index (κ2) is 7.37. The fraction of sp³-hybridized carbons (Fsp3) is 0.300. The van der Waals surface area contributed by atoms with Crippen LogP contribution in [0.5, 0.6) is 0 Å². The van der Waals surface area contributed by atoms with E-state index in [0.717, 1.165) is 22.3 Å². The molecule has 28 heavy (non-hydrogen) atoms. The highest BCUT2D eigenvalue weighted by molar-refractivity contribution is 7.89. The Labute approximate surface area is 164 Å². The molecule has 3 heterocycles. The number of pyridine rings is 1. The molecule has 0 atom stereocenters. The third-order valence-electron chi connectivity index (χ3n) is 5.22. The van der Waals surface area contributed by atoms with Gasteiger partial charge < -0.3 is 10.2 Å². The molecule has 1 aromatic carbocycles. The van der Waals surface area contributed by atoms with Gasteiger partial charge in [-0.25, -0.2) is 18.2 Å². The van der Waals surface area contributed by atoms with E-state index in [2.05, 4.69) is 10.3 Å². The van der Waals surface area contributed by atoms with Gasteiger partial charge in [-0.3, -0.25) is 0 Å². The first-order valence-electron chi connectivity index (χ1n) is 9.13. The summed E-state index contributed by atoms with van der Waals surface area (Å²) in [5, 5.41) is 3.02. The largest absolute Gasteiger partial charge is 0.334 e. The summed E-state index contributed by atoms with van der Waals surface area (Å²) >= 11 is 0. The van der Waals surface area contributed by atoms with Gasteiger partial charge in [0.1, 0.15) is 0 Å². The lowest BCUT2D eigenvalue weighted by atomic mass is 10.1. The molecule has 0 saturated heterocycles. The van der Waals surface area contributed by atoms with Crippen molar-refractivity contribution in [1.82, 2.24) is 19.5 Å². The number of hydrogen-bond donors (Lipinski definition) is 1. The zero-order valence-electron chi connectivity index (χ0n) is 15.6. The molecular weight excluding hydrogens is 376 g/mol. The molecule has 0 fully saturated rings. The van der Waals surface area contributed by atoms with Crippen LogP contribution in [0.2, 0.25) is 0 Å². The Morgan fingerprint density at radius 1 is 1.04 bits per heavy atom. The third-order valence-corrected chi connectivity index (χ3v) is 6.93. The van der Waals surface area contributed by atoms with E-state index in [1.54, 1.807) is 17.0 Å². The average Bonchev–Trinajstić information content (AvgIpc) is 3.28. The molecule has 0 saturated carbocycles. The van der Waals surface area contributed by atoms with Crippen molar-refractivity contribution in [2.24, 2.45) is 0 Å².